The lowest BCUT2D eigenvalue weighted by atomic mass is 9.97. The third kappa shape index (κ3) is 3.40. The summed E-state index contributed by atoms with van der Waals surface area (Å²) in [7, 11) is 0. The van der Waals surface area contributed by atoms with Crippen molar-refractivity contribution in [1.82, 2.24) is 4.90 Å². The van der Waals surface area contributed by atoms with Crippen LogP contribution in [0.2, 0.25) is 0 Å². The van der Waals surface area contributed by atoms with Gasteiger partial charge in [0.25, 0.3) is 0 Å². The van der Waals surface area contributed by atoms with Crippen molar-refractivity contribution in [1.29, 1.82) is 0 Å². The summed E-state index contributed by atoms with van der Waals surface area (Å²) in [5.41, 5.74) is 0. The van der Waals surface area contributed by atoms with E-state index >= 15 is 0 Å². The molecule has 1 aliphatic heterocycles. The Morgan fingerprint density at radius 2 is 1.50 bits per heavy atom. The van der Waals surface area contributed by atoms with Crippen LogP contribution in [0.1, 0.15) is 26.7 Å². The first-order chi connectivity index (χ1) is 8.56. The number of hydrogen-bond acceptors (Lipinski definition) is 6. The number of ether oxygens (including phenoxy) is 1. The number of aliphatic hydroxyl groups is 4. The maximum Gasteiger partial charge on any atom is 0.140 e. The van der Waals surface area contributed by atoms with Crippen LogP contribution in [0.5, 0.6) is 0 Å². The summed E-state index contributed by atoms with van der Waals surface area (Å²) in [6.45, 7) is 5.12. The van der Waals surface area contributed by atoms with Gasteiger partial charge in [-0.25, -0.2) is 0 Å². The molecule has 0 amide bonds. The molecule has 4 N–H and O–H groups in total. The third-order valence-electron chi connectivity index (χ3n) is 3.25. The molecule has 5 atom stereocenters. The summed E-state index contributed by atoms with van der Waals surface area (Å²) in [5, 5.41) is 38.6. The maximum absolute atomic E-state index is 9.99. The minimum atomic E-state index is -1.29. The van der Waals surface area contributed by atoms with Crippen LogP contribution in [-0.2, 0) is 4.74 Å². The molecule has 1 saturated heterocycles. The molecule has 0 aromatic rings. The molecule has 0 radical (unpaired) electrons. The monoisotopic (exact) mass is 263 g/mol. The van der Waals surface area contributed by atoms with Crippen molar-refractivity contribution in [2.24, 2.45) is 0 Å². The molecule has 0 aromatic carbocycles. The van der Waals surface area contributed by atoms with Gasteiger partial charge < -0.3 is 25.2 Å². The molecule has 0 aromatic heterocycles. The molecule has 1 rings (SSSR count). The van der Waals surface area contributed by atoms with E-state index in [4.69, 9.17) is 9.84 Å². The second kappa shape index (κ2) is 7.37. The normalized spacial score (nSPS) is 37.2. The van der Waals surface area contributed by atoms with E-state index in [2.05, 4.69) is 0 Å². The van der Waals surface area contributed by atoms with Crippen LogP contribution in [0, 0.1) is 0 Å². The number of nitrogens with zero attached hydrogens (tertiary/aromatic N) is 1. The quantitative estimate of drug-likeness (QED) is 0.486. The molecular formula is C12H25NO5. The number of hydrogen-bond donors (Lipinski definition) is 4. The van der Waals surface area contributed by atoms with E-state index in [0.717, 1.165) is 25.9 Å². The van der Waals surface area contributed by atoms with E-state index in [1.807, 2.05) is 18.7 Å². The molecule has 6 nitrogen and oxygen atoms in total. The standard InChI is InChI=1S/C12H25NO5/c1-3-5-13(6-4-2)12-11(17)10(16)9(15)8(7-14)18-12/h8-12,14-17H,3-7H2,1-2H3. The molecule has 18 heavy (non-hydrogen) atoms. The summed E-state index contributed by atoms with van der Waals surface area (Å²) in [5.74, 6) is 0. The fourth-order valence-corrected chi connectivity index (χ4v) is 2.32. The molecule has 5 unspecified atom stereocenters. The van der Waals surface area contributed by atoms with Crippen molar-refractivity contribution in [2.75, 3.05) is 19.7 Å². The van der Waals surface area contributed by atoms with Crippen LogP contribution in [0.4, 0.5) is 0 Å². The van der Waals surface area contributed by atoms with E-state index in [9.17, 15) is 15.3 Å². The summed E-state index contributed by atoms with van der Waals surface area (Å²) in [6.07, 6.45) is -3.46. The van der Waals surface area contributed by atoms with E-state index in [0.29, 0.717) is 0 Å². The van der Waals surface area contributed by atoms with Crippen molar-refractivity contribution in [2.45, 2.75) is 57.3 Å². The fraction of sp³-hybridized carbons (Fsp3) is 1.00. The highest BCUT2D eigenvalue weighted by atomic mass is 16.6. The highest BCUT2D eigenvalue weighted by molar-refractivity contribution is 4.91. The smallest absolute Gasteiger partial charge is 0.140 e. The summed E-state index contributed by atoms with van der Waals surface area (Å²) >= 11 is 0. The number of aliphatic hydroxyl groups excluding tert-OH is 4. The van der Waals surface area contributed by atoms with Crippen molar-refractivity contribution >= 4 is 0 Å². The fourth-order valence-electron chi connectivity index (χ4n) is 2.32. The third-order valence-corrected chi connectivity index (χ3v) is 3.25. The van der Waals surface area contributed by atoms with Crippen molar-refractivity contribution in [3.8, 4) is 0 Å². The largest absolute Gasteiger partial charge is 0.394 e. The van der Waals surface area contributed by atoms with Gasteiger partial charge in [-0.15, -0.1) is 0 Å². The molecule has 0 spiro atoms. The minimum absolute atomic E-state index is 0.381. The van der Waals surface area contributed by atoms with Crippen LogP contribution in [0.25, 0.3) is 0 Å². The Hall–Kier alpha value is -0.240. The predicted octanol–water partition coefficient (Wildman–Crippen LogP) is -1.09. The molecule has 1 aliphatic rings. The van der Waals surface area contributed by atoms with Gasteiger partial charge in [-0.05, 0) is 12.8 Å². The molecule has 1 heterocycles. The zero-order chi connectivity index (χ0) is 13.7. The van der Waals surface area contributed by atoms with Gasteiger partial charge in [-0.3, -0.25) is 4.90 Å². The second-order valence-electron chi connectivity index (χ2n) is 4.76. The molecule has 108 valence electrons. The maximum atomic E-state index is 9.99. The molecule has 0 saturated carbocycles. The van der Waals surface area contributed by atoms with Crippen molar-refractivity contribution in [3.63, 3.8) is 0 Å². The van der Waals surface area contributed by atoms with Gasteiger partial charge in [-0.1, -0.05) is 13.8 Å². The van der Waals surface area contributed by atoms with Crippen LogP contribution in [0.15, 0.2) is 0 Å². The van der Waals surface area contributed by atoms with E-state index in [1.165, 1.54) is 0 Å². The van der Waals surface area contributed by atoms with Gasteiger partial charge in [0, 0.05) is 13.1 Å². The van der Waals surface area contributed by atoms with Gasteiger partial charge in [0.2, 0.25) is 0 Å². The Morgan fingerprint density at radius 1 is 0.944 bits per heavy atom. The Labute approximate surface area is 108 Å². The second-order valence-corrected chi connectivity index (χ2v) is 4.76. The van der Waals surface area contributed by atoms with E-state index in [1.54, 1.807) is 0 Å². The topological polar surface area (TPSA) is 93.4 Å². The molecule has 0 bridgehead atoms. The van der Waals surface area contributed by atoms with Gasteiger partial charge in [0.1, 0.15) is 30.6 Å². The highest BCUT2D eigenvalue weighted by Gasteiger charge is 2.45. The highest BCUT2D eigenvalue weighted by Crippen LogP contribution is 2.23. The molecule has 1 fully saturated rings. The first-order valence-corrected chi connectivity index (χ1v) is 6.61. The lowest BCUT2D eigenvalue weighted by molar-refractivity contribution is -0.265. The minimum Gasteiger partial charge on any atom is -0.394 e. The van der Waals surface area contributed by atoms with Crippen LogP contribution >= 0.6 is 0 Å². The van der Waals surface area contributed by atoms with Crippen LogP contribution in [0.3, 0.4) is 0 Å². The zero-order valence-electron chi connectivity index (χ0n) is 11.1. The first-order valence-electron chi connectivity index (χ1n) is 6.61. The summed E-state index contributed by atoms with van der Waals surface area (Å²) < 4.78 is 5.51. The van der Waals surface area contributed by atoms with Gasteiger partial charge in [-0.2, -0.15) is 0 Å². The van der Waals surface area contributed by atoms with E-state index < -0.39 is 30.6 Å². The Balaban J connectivity index is 2.77. The van der Waals surface area contributed by atoms with Crippen LogP contribution in [-0.4, -0.2) is 75.7 Å². The molecular weight excluding hydrogens is 238 g/mol. The van der Waals surface area contributed by atoms with Gasteiger partial charge in [0.15, 0.2) is 0 Å². The summed E-state index contributed by atoms with van der Waals surface area (Å²) in [6, 6.07) is 0. The van der Waals surface area contributed by atoms with Gasteiger partial charge in [0.05, 0.1) is 6.61 Å². The summed E-state index contributed by atoms with van der Waals surface area (Å²) in [4.78, 5) is 1.93. The van der Waals surface area contributed by atoms with Crippen LogP contribution < -0.4 is 0 Å². The van der Waals surface area contributed by atoms with Gasteiger partial charge >= 0.3 is 0 Å². The lowest BCUT2D eigenvalue weighted by Gasteiger charge is -2.44. The van der Waals surface area contributed by atoms with Crippen molar-refractivity contribution in [3.05, 3.63) is 0 Å². The average Bonchev–Trinajstić information content (AvgIpc) is 2.36. The zero-order valence-corrected chi connectivity index (χ0v) is 11.1. The SMILES string of the molecule is CCCN(CCC)C1OC(CO)C(O)C(O)C1O. The van der Waals surface area contributed by atoms with Crippen molar-refractivity contribution < 1.29 is 25.2 Å². The number of rotatable bonds is 6. The first kappa shape index (κ1) is 15.8. The Kier molecular flexibility index (Phi) is 6.48. The Morgan fingerprint density at radius 3 is 1.94 bits per heavy atom. The molecule has 6 heteroatoms. The predicted molar refractivity (Wildman–Crippen MR) is 65.9 cm³/mol. The Bertz CT molecular complexity index is 233. The molecule has 0 aliphatic carbocycles. The average molecular weight is 263 g/mol. The lowest BCUT2D eigenvalue weighted by Crippen LogP contribution is -2.63. The van der Waals surface area contributed by atoms with E-state index in [-0.39, 0.29) is 6.61 Å².